The number of methoxy groups -OCH3 is 1. The summed E-state index contributed by atoms with van der Waals surface area (Å²) < 4.78 is 4.95. The third-order valence-corrected chi connectivity index (χ3v) is 1.93. The zero-order valence-corrected chi connectivity index (χ0v) is 6.29. The molecule has 0 fully saturated rings. The molecule has 0 aliphatic heterocycles. The Morgan fingerprint density at radius 3 is 2.56 bits per heavy atom. The van der Waals surface area contributed by atoms with Gasteiger partial charge in [0.1, 0.15) is 5.00 Å². The van der Waals surface area contributed by atoms with Crippen LogP contribution in [0.25, 0.3) is 0 Å². The largest absolute Gasteiger partial charge is 0.494 e. The zero-order chi connectivity index (χ0) is 6.85. The third-order valence-electron chi connectivity index (χ3n) is 1.07. The Kier molecular flexibility index (Phi) is 1.62. The minimum absolute atomic E-state index is 0.759. The van der Waals surface area contributed by atoms with Crippen LogP contribution in [-0.4, -0.2) is 7.11 Å². The van der Waals surface area contributed by atoms with Gasteiger partial charge in [-0.1, -0.05) is 0 Å². The van der Waals surface area contributed by atoms with Gasteiger partial charge in [-0.3, -0.25) is 0 Å². The number of ether oxygens (including phenoxy) is 1. The molecular formula is C6H9NOS. The van der Waals surface area contributed by atoms with Crippen molar-refractivity contribution in [2.24, 2.45) is 0 Å². The monoisotopic (exact) mass is 143 g/mol. The van der Waals surface area contributed by atoms with Crippen LogP contribution in [0.1, 0.15) is 4.88 Å². The second kappa shape index (κ2) is 2.27. The predicted octanol–water partition coefficient (Wildman–Crippen LogP) is 1.65. The fraction of sp³-hybridized carbons (Fsp3) is 0.333. The van der Waals surface area contributed by atoms with Crippen LogP contribution in [0, 0.1) is 6.92 Å². The van der Waals surface area contributed by atoms with Crippen LogP contribution in [0.15, 0.2) is 6.07 Å². The second-order valence-corrected chi connectivity index (χ2v) is 3.08. The summed E-state index contributed by atoms with van der Waals surface area (Å²) in [5, 5.41) is 0.759. The average molecular weight is 143 g/mol. The fourth-order valence-electron chi connectivity index (χ4n) is 0.668. The summed E-state index contributed by atoms with van der Waals surface area (Å²) in [6.45, 7) is 2.00. The van der Waals surface area contributed by atoms with Crippen LogP contribution >= 0.6 is 11.3 Å². The van der Waals surface area contributed by atoms with E-state index in [1.165, 1.54) is 4.88 Å². The summed E-state index contributed by atoms with van der Waals surface area (Å²) in [5.74, 6) is 0.789. The number of thiophene rings is 1. The molecule has 0 aliphatic carbocycles. The third kappa shape index (κ3) is 1.16. The Morgan fingerprint density at radius 2 is 2.33 bits per heavy atom. The van der Waals surface area contributed by atoms with E-state index in [9.17, 15) is 0 Å². The minimum Gasteiger partial charge on any atom is -0.494 e. The SMILES string of the molecule is COc1cc(C)sc1N. The molecule has 0 bridgehead atoms. The van der Waals surface area contributed by atoms with E-state index >= 15 is 0 Å². The van der Waals surface area contributed by atoms with Gasteiger partial charge in [-0.25, -0.2) is 0 Å². The van der Waals surface area contributed by atoms with Crippen molar-refractivity contribution in [3.63, 3.8) is 0 Å². The highest BCUT2D eigenvalue weighted by molar-refractivity contribution is 7.16. The first-order valence-corrected chi connectivity index (χ1v) is 3.45. The normalized spacial score (nSPS) is 9.56. The van der Waals surface area contributed by atoms with Crippen LogP contribution in [0.4, 0.5) is 5.00 Å². The van der Waals surface area contributed by atoms with Gasteiger partial charge in [0, 0.05) is 4.88 Å². The molecule has 0 radical (unpaired) electrons. The molecule has 9 heavy (non-hydrogen) atoms. The van der Waals surface area contributed by atoms with Crippen molar-refractivity contribution in [1.29, 1.82) is 0 Å². The second-order valence-electron chi connectivity index (χ2n) is 1.79. The van der Waals surface area contributed by atoms with Gasteiger partial charge in [0.05, 0.1) is 7.11 Å². The molecule has 2 nitrogen and oxygen atoms in total. The van der Waals surface area contributed by atoms with E-state index in [-0.39, 0.29) is 0 Å². The molecule has 50 valence electrons. The average Bonchev–Trinajstić information content (AvgIpc) is 2.10. The van der Waals surface area contributed by atoms with Gasteiger partial charge in [0.2, 0.25) is 0 Å². The van der Waals surface area contributed by atoms with E-state index in [2.05, 4.69) is 0 Å². The smallest absolute Gasteiger partial charge is 0.153 e. The lowest BCUT2D eigenvalue weighted by Gasteiger charge is -1.92. The molecule has 0 unspecified atom stereocenters. The van der Waals surface area contributed by atoms with Gasteiger partial charge in [-0.2, -0.15) is 0 Å². The number of aryl methyl sites for hydroxylation is 1. The maximum Gasteiger partial charge on any atom is 0.153 e. The number of rotatable bonds is 1. The van der Waals surface area contributed by atoms with Crippen LogP contribution < -0.4 is 10.5 Å². The highest BCUT2D eigenvalue weighted by Crippen LogP contribution is 2.30. The molecule has 0 aliphatic rings. The van der Waals surface area contributed by atoms with Gasteiger partial charge < -0.3 is 10.5 Å². The molecule has 0 saturated carbocycles. The van der Waals surface area contributed by atoms with E-state index in [0.29, 0.717) is 0 Å². The van der Waals surface area contributed by atoms with Crippen molar-refractivity contribution in [3.05, 3.63) is 10.9 Å². The Bertz CT molecular complexity index is 207. The first kappa shape index (κ1) is 6.42. The van der Waals surface area contributed by atoms with Crippen LogP contribution in [0.5, 0.6) is 5.75 Å². The summed E-state index contributed by atoms with van der Waals surface area (Å²) in [6, 6.07) is 1.93. The number of hydrogen-bond acceptors (Lipinski definition) is 3. The van der Waals surface area contributed by atoms with E-state index in [0.717, 1.165) is 10.8 Å². The minimum atomic E-state index is 0.759. The van der Waals surface area contributed by atoms with E-state index in [1.54, 1.807) is 18.4 Å². The lowest BCUT2D eigenvalue weighted by molar-refractivity contribution is 0.418. The summed E-state index contributed by atoms with van der Waals surface area (Å²) in [6.07, 6.45) is 0. The molecular weight excluding hydrogens is 134 g/mol. The lowest BCUT2D eigenvalue weighted by atomic mass is 10.5. The van der Waals surface area contributed by atoms with Crippen molar-refractivity contribution in [3.8, 4) is 5.75 Å². The maximum atomic E-state index is 5.55. The van der Waals surface area contributed by atoms with Gasteiger partial charge in [0.25, 0.3) is 0 Å². The molecule has 0 spiro atoms. The van der Waals surface area contributed by atoms with E-state index in [1.807, 2.05) is 13.0 Å². The van der Waals surface area contributed by atoms with Crippen molar-refractivity contribution in [2.75, 3.05) is 12.8 Å². The highest BCUT2D eigenvalue weighted by Gasteiger charge is 2.00. The van der Waals surface area contributed by atoms with Crippen LogP contribution in [0.2, 0.25) is 0 Å². The van der Waals surface area contributed by atoms with Crippen LogP contribution in [0.3, 0.4) is 0 Å². The first-order valence-electron chi connectivity index (χ1n) is 2.64. The van der Waals surface area contributed by atoms with Crippen molar-refractivity contribution >= 4 is 16.3 Å². The molecule has 2 N–H and O–H groups in total. The zero-order valence-electron chi connectivity index (χ0n) is 5.47. The number of anilines is 1. The number of nitrogen functional groups attached to an aromatic ring is 1. The van der Waals surface area contributed by atoms with Gasteiger partial charge in [-0.15, -0.1) is 11.3 Å². The molecule has 0 atom stereocenters. The molecule has 1 rings (SSSR count). The Balaban J connectivity index is 3.01. The van der Waals surface area contributed by atoms with Crippen molar-refractivity contribution in [1.82, 2.24) is 0 Å². The van der Waals surface area contributed by atoms with E-state index in [4.69, 9.17) is 10.5 Å². The van der Waals surface area contributed by atoms with Crippen molar-refractivity contribution in [2.45, 2.75) is 6.92 Å². The summed E-state index contributed by atoms with van der Waals surface area (Å²) in [4.78, 5) is 1.18. The summed E-state index contributed by atoms with van der Waals surface area (Å²) >= 11 is 1.55. The van der Waals surface area contributed by atoms with Gasteiger partial charge >= 0.3 is 0 Å². The highest BCUT2D eigenvalue weighted by atomic mass is 32.1. The quantitative estimate of drug-likeness (QED) is 0.648. The van der Waals surface area contributed by atoms with Gasteiger partial charge in [0.15, 0.2) is 5.75 Å². The van der Waals surface area contributed by atoms with Crippen molar-refractivity contribution < 1.29 is 4.74 Å². The topological polar surface area (TPSA) is 35.2 Å². The molecule has 3 heteroatoms. The molecule has 1 aromatic rings. The number of hydrogen-bond donors (Lipinski definition) is 1. The number of nitrogens with two attached hydrogens (primary N) is 1. The Hall–Kier alpha value is -0.700. The summed E-state index contributed by atoms with van der Waals surface area (Å²) in [7, 11) is 1.62. The maximum absolute atomic E-state index is 5.55. The molecule has 0 amide bonds. The standard InChI is InChI=1S/C6H9NOS/c1-4-3-5(8-2)6(7)9-4/h3H,7H2,1-2H3. The lowest BCUT2D eigenvalue weighted by Crippen LogP contribution is -1.84. The van der Waals surface area contributed by atoms with Gasteiger partial charge in [-0.05, 0) is 13.0 Å². The molecule has 0 aromatic carbocycles. The van der Waals surface area contributed by atoms with E-state index < -0.39 is 0 Å². The molecule has 1 aromatic heterocycles. The predicted molar refractivity (Wildman–Crippen MR) is 40.0 cm³/mol. The fourth-order valence-corrected chi connectivity index (χ4v) is 1.42. The Labute approximate surface area is 58.3 Å². The molecule has 1 heterocycles. The Morgan fingerprint density at radius 1 is 1.67 bits per heavy atom. The molecule has 0 saturated heterocycles. The summed E-state index contributed by atoms with van der Waals surface area (Å²) in [5.41, 5.74) is 5.55. The van der Waals surface area contributed by atoms with Crippen LogP contribution in [-0.2, 0) is 0 Å². The first-order chi connectivity index (χ1) is 4.24.